The summed E-state index contributed by atoms with van der Waals surface area (Å²) in [7, 11) is 0. The Morgan fingerprint density at radius 1 is 1.11 bits per heavy atom. The van der Waals surface area contributed by atoms with E-state index in [1.54, 1.807) is 0 Å². The van der Waals surface area contributed by atoms with Crippen LogP contribution >= 0.6 is 0 Å². The van der Waals surface area contributed by atoms with Crippen molar-refractivity contribution < 1.29 is 13.2 Å². The number of hydrogen-bond acceptors (Lipinski definition) is 2. The van der Waals surface area contributed by atoms with Crippen molar-refractivity contribution in [2.24, 2.45) is 5.73 Å². The third kappa shape index (κ3) is 1.63. The van der Waals surface area contributed by atoms with E-state index in [0.717, 1.165) is 25.3 Å². The monoisotopic (exact) mass is 251 g/mol. The van der Waals surface area contributed by atoms with Gasteiger partial charge in [-0.05, 0) is 18.9 Å². The van der Waals surface area contributed by atoms with Crippen LogP contribution in [0.4, 0.5) is 8.78 Å². The number of fused-ring (bicyclic) bond motifs is 1. The van der Waals surface area contributed by atoms with Crippen LogP contribution in [0, 0.1) is 11.6 Å². The predicted octanol–water partition coefficient (Wildman–Crippen LogP) is 3.83. The second kappa shape index (κ2) is 4.05. The molecule has 0 radical (unpaired) electrons. The molecule has 2 N–H and O–H groups in total. The van der Waals surface area contributed by atoms with Gasteiger partial charge in [-0.1, -0.05) is 19.3 Å². The van der Waals surface area contributed by atoms with Crippen molar-refractivity contribution in [3.05, 3.63) is 35.6 Å². The predicted molar refractivity (Wildman–Crippen MR) is 65.1 cm³/mol. The average Bonchev–Trinajstić information content (AvgIpc) is 2.78. The second-order valence-electron chi connectivity index (χ2n) is 5.10. The lowest BCUT2D eigenvalue weighted by Gasteiger charge is -2.34. The molecule has 1 aromatic carbocycles. The minimum Gasteiger partial charge on any atom is -0.464 e. The molecule has 0 aliphatic heterocycles. The molecule has 1 aromatic heterocycles. The zero-order valence-electron chi connectivity index (χ0n) is 10.0. The summed E-state index contributed by atoms with van der Waals surface area (Å²) in [6.45, 7) is 0. The van der Waals surface area contributed by atoms with Crippen LogP contribution in [0.15, 0.2) is 22.8 Å². The van der Waals surface area contributed by atoms with E-state index >= 15 is 0 Å². The van der Waals surface area contributed by atoms with E-state index in [0.29, 0.717) is 23.8 Å². The fourth-order valence-corrected chi connectivity index (χ4v) is 2.96. The smallest absolute Gasteiger partial charge is 0.144 e. The number of benzene rings is 1. The Hall–Kier alpha value is -1.42. The van der Waals surface area contributed by atoms with Gasteiger partial charge in [-0.15, -0.1) is 0 Å². The Kier molecular flexibility index (Phi) is 2.63. The minimum atomic E-state index is -0.730. The van der Waals surface area contributed by atoms with E-state index in [9.17, 15) is 8.78 Å². The zero-order chi connectivity index (χ0) is 12.8. The van der Waals surface area contributed by atoms with Gasteiger partial charge >= 0.3 is 0 Å². The van der Waals surface area contributed by atoms with Gasteiger partial charge in [-0.25, -0.2) is 8.78 Å². The summed E-state index contributed by atoms with van der Waals surface area (Å²) in [5, 5.41) is 0.307. The van der Waals surface area contributed by atoms with E-state index in [1.807, 2.05) is 0 Å². The topological polar surface area (TPSA) is 39.2 Å². The fraction of sp³-hybridized carbons (Fsp3) is 0.429. The van der Waals surface area contributed by atoms with Crippen LogP contribution in [0.3, 0.4) is 0 Å². The molecule has 18 heavy (non-hydrogen) atoms. The molecule has 0 bridgehead atoms. The second-order valence-corrected chi connectivity index (χ2v) is 5.10. The van der Waals surface area contributed by atoms with Crippen LogP contribution in [0.1, 0.15) is 37.7 Å². The first-order valence-electron chi connectivity index (χ1n) is 6.26. The molecule has 3 rings (SSSR count). The van der Waals surface area contributed by atoms with E-state index in [1.165, 1.54) is 12.3 Å². The van der Waals surface area contributed by atoms with Gasteiger partial charge in [0.15, 0.2) is 0 Å². The fourth-order valence-electron chi connectivity index (χ4n) is 2.96. The van der Waals surface area contributed by atoms with Crippen molar-refractivity contribution in [2.45, 2.75) is 37.6 Å². The highest BCUT2D eigenvalue weighted by Crippen LogP contribution is 2.40. The molecule has 0 saturated heterocycles. The molecule has 1 saturated carbocycles. The van der Waals surface area contributed by atoms with Crippen LogP contribution in [0.2, 0.25) is 0 Å². The maximum Gasteiger partial charge on any atom is 0.144 e. The Morgan fingerprint density at radius 3 is 2.56 bits per heavy atom. The first-order valence-corrected chi connectivity index (χ1v) is 6.26. The molecule has 1 aliphatic rings. The van der Waals surface area contributed by atoms with Gasteiger partial charge in [0.25, 0.3) is 0 Å². The lowest BCUT2D eigenvalue weighted by atomic mass is 9.77. The van der Waals surface area contributed by atoms with E-state index in [4.69, 9.17) is 10.2 Å². The Labute approximate surface area is 104 Å². The molecular weight excluding hydrogens is 236 g/mol. The van der Waals surface area contributed by atoms with Crippen LogP contribution in [0.5, 0.6) is 0 Å². The van der Waals surface area contributed by atoms with Crippen molar-refractivity contribution in [3.63, 3.8) is 0 Å². The quantitative estimate of drug-likeness (QED) is 0.836. The molecule has 1 heterocycles. The standard InChI is InChI=1S/C14H15F2NO/c15-10-8-11(16)12(13-9(10)4-7-18-13)14(17)5-2-1-3-6-14/h4,7-8H,1-3,5-6,17H2. The lowest BCUT2D eigenvalue weighted by molar-refractivity contribution is 0.292. The minimum absolute atomic E-state index is 0.261. The maximum atomic E-state index is 14.1. The molecule has 1 fully saturated rings. The molecule has 2 nitrogen and oxygen atoms in total. The van der Waals surface area contributed by atoms with E-state index in [-0.39, 0.29) is 5.58 Å². The van der Waals surface area contributed by atoms with Gasteiger partial charge in [0.2, 0.25) is 0 Å². The molecule has 0 amide bonds. The maximum absolute atomic E-state index is 14.1. The molecule has 0 atom stereocenters. The number of nitrogens with two attached hydrogens (primary N) is 1. The third-order valence-corrected chi connectivity index (χ3v) is 3.89. The van der Waals surface area contributed by atoms with Crippen molar-refractivity contribution >= 4 is 11.0 Å². The van der Waals surface area contributed by atoms with Crippen molar-refractivity contribution in [2.75, 3.05) is 0 Å². The summed E-state index contributed by atoms with van der Waals surface area (Å²) in [6, 6.07) is 2.43. The highest BCUT2D eigenvalue weighted by Gasteiger charge is 2.35. The Balaban J connectivity index is 2.24. The highest BCUT2D eigenvalue weighted by atomic mass is 19.1. The lowest BCUT2D eigenvalue weighted by Crippen LogP contribution is -2.39. The van der Waals surface area contributed by atoms with E-state index in [2.05, 4.69) is 0 Å². The normalized spacial score (nSPS) is 19.3. The van der Waals surface area contributed by atoms with E-state index < -0.39 is 17.2 Å². The largest absolute Gasteiger partial charge is 0.464 e. The van der Waals surface area contributed by atoms with Crippen molar-refractivity contribution in [1.29, 1.82) is 0 Å². The number of rotatable bonds is 1. The van der Waals surface area contributed by atoms with Gasteiger partial charge < -0.3 is 10.2 Å². The molecule has 2 aromatic rings. The SMILES string of the molecule is NC1(c2c(F)cc(F)c3ccoc23)CCCCC1. The van der Waals surface area contributed by atoms with Crippen LogP contribution in [-0.4, -0.2) is 0 Å². The number of halogens is 2. The molecule has 0 spiro atoms. The van der Waals surface area contributed by atoms with Crippen LogP contribution in [0.25, 0.3) is 11.0 Å². The number of hydrogen-bond donors (Lipinski definition) is 1. The Morgan fingerprint density at radius 2 is 1.83 bits per heavy atom. The average molecular weight is 251 g/mol. The Bertz CT molecular complexity index is 585. The van der Waals surface area contributed by atoms with Crippen molar-refractivity contribution in [3.8, 4) is 0 Å². The summed E-state index contributed by atoms with van der Waals surface area (Å²) in [5.74, 6) is -1.20. The first kappa shape index (κ1) is 11.7. The van der Waals surface area contributed by atoms with Gasteiger partial charge in [-0.2, -0.15) is 0 Å². The summed E-state index contributed by atoms with van der Waals surface area (Å²) in [5.41, 5.74) is 6.20. The summed E-state index contributed by atoms with van der Waals surface area (Å²) < 4.78 is 33.0. The summed E-state index contributed by atoms with van der Waals surface area (Å²) >= 11 is 0. The molecule has 0 unspecified atom stereocenters. The highest BCUT2D eigenvalue weighted by molar-refractivity contribution is 5.82. The van der Waals surface area contributed by atoms with Crippen LogP contribution < -0.4 is 5.73 Å². The first-order chi connectivity index (χ1) is 8.62. The van der Waals surface area contributed by atoms with Gasteiger partial charge in [-0.3, -0.25) is 0 Å². The van der Waals surface area contributed by atoms with Crippen molar-refractivity contribution in [1.82, 2.24) is 0 Å². The van der Waals surface area contributed by atoms with Gasteiger partial charge in [0.1, 0.15) is 17.2 Å². The van der Waals surface area contributed by atoms with Gasteiger partial charge in [0, 0.05) is 11.6 Å². The summed E-state index contributed by atoms with van der Waals surface area (Å²) in [6.07, 6.45) is 5.85. The summed E-state index contributed by atoms with van der Waals surface area (Å²) in [4.78, 5) is 0. The molecule has 1 aliphatic carbocycles. The third-order valence-electron chi connectivity index (χ3n) is 3.89. The zero-order valence-corrected chi connectivity index (χ0v) is 10.0. The van der Waals surface area contributed by atoms with Crippen LogP contribution in [-0.2, 0) is 5.54 Å². The molecule has 96 valence electrons. The van der Waals surface area contributed by atoms with Gasteiger partial charge in [0.05, 0.1) is 17.2 Å². The molecule has 4 heteroatoms. The number of furan rings is 1. The molecular formula is C14H15F2NO.